The maximum atomic E-state index is 5.87. The molecule has 2 heteroatoms. The first kappa shape index (κ1) is 11.8. The molecular weight excluding hydrogens is 208 g/mol. The molecule has 0 saturated heterocycles. The van der Waals surface area contributed by atoms with Crippen LogP contribution in [-0.2, 0) is 6.42 Å². The van der Waals surface area contributed by atoms with Crippen LogP contribution in [0.25, 0.3) is 0 Å². The molecule has 0 bridgehead atoms. The van der Waals surface area contributed by atoms with E-state index in [1.165, 1.54) is 16.7 Å². The highest BCUT2D eigenvalue weighted by Gasteiger charge is 2.11. The maximum Gasteiger partial charge on any atom is 0.0303 e. The van der Waals surface area contributed by atoms with Gasteiger partial charge >= 0.3 is 0 Å². The Bertz CT molecular complexity index is 465. The van der Waals surface area contributed by atoms with E-state index in [1.54, 1.807) is 6.20 Å². The van der Waals surface area contributed by atoms with Gasteiger partial charge in [-0.05, 0) is 42.6 Å². The molecule has 0 saturated carbocycles. The lowest BCUT2D eigenvalue weighted by Gasteiger charge is -2.16. The summed E-state index contributed by atoms with van der Waals surface area (Å²) in [6, 6.07) is 12.5. The SMILES string of the molecule is Cc1ccccc1CC(CN)c1cccnc1. The fourth-order valence-electron chi connectivity index (χ4n) is 2.06. The van der Waals surface area contributed by atoms with Gasteiger partial charge in [-0.1, -0.05) is 30.3 Å². The van der Waals surface area contributed by atoms with Crippen molar-refractivity contribution in [3.63, 3.8) is 0 Å². The predicted molar refractivity (Wildman–Crippen MR) is 70.9 cm³/mol. The molecule has 0 aliphatic carbocycles. The molecule has 0 amide bonds. The minimum Gasteiger partial charge on any atom is -0.330 e. The number of hydrogen-bond donors (Lipinski definition) is 1. The van der Waals surface area contributed by atoms with E-state index in [9.17, 15) is 0 Å². The molecule has 0 aliphatic heterocycles. The average molecular weight is 226 g/mol. The van der Waals surface area contributed by atoms with Crippen molar-refractivity contribution in [2.45, 2.75) is 19.3 Å². The molecule has 17 heavy (non-hydrogen) atoms. The molecule has 2 rings (SSSR count). The molecule has 2 aromatic rings. The number of aromatic nitrogens is 1. The van der Waals surface area contributed by atoms with Crippen molar-refractivity contribution < 1.29 is 0 Å². The molecule has 1 heterocycles. The topological polar surface area (TPSA) is 38.9 Å². The summed E-state index contributed by atoms with van der Waals surface area (Å²) in [5.74, 6) is 0.352. The lowest BCUT2D eigenvalue weighted by Crippen LogP contribution is -2.15. The monoisotopic (exact) mass is 226 g/mol. The quantitative estimate of drug-likeness (QED) is 0.870. The molecule has 0 fully saturated rings. The lowest BCUT2D eigenvalue weighted by molar-refractivity contribution is 0.689. The first-order valence-electron chi connectivity index (χ1n) is 5.95. The first-order chi connectivity index (χ1) is 8.31. The van der Waals surface area contributed by atoms with Gasteiger partial charge in [0.25, 0.3) is 0 Å². The normalized spacial score (nSPS) is 12.4. The van der Waals surface area contributed by atoms with Gasteiger partial charge in [-0.2, -0.15) is 0 Å². The van der Waals surface area contributed by atoms with Crippen molar-refractivity contribution >= 4 is 0 Å². The second kappa shape index (κ2) is 5.60. The Labute approximate surface area is 103 Å². The van der Waals surface area contributed by atoms with E-state index in [0.29, 0.717) is 12.5 Å². The van der Waals surface area contributed by atoms with Gasteiger partial charge in [0.05, 0.1) is 0 Å². The van der Waals surface area contributed by atoms with Gasteiger partial charge in [0, 0.05) is 18.3 Å². The molecule has 0 radical (unpaired) electrons. The van der Waals surface area contributed by atoms with Crippen molar-refractivity contribution in [2.24, 2.45) is 5.73 Å². The summed E-state index contributed by atoms with van der Waals surface area (Å²) in [6.07, 6.45) is 4.69. The molecule has 88 valence electrons. The number of benzene rings is 1. The Balaban J connectivity index is 2.19. The maximum absolute atomic E-state index is 5.87. The minimum absolute atomic E-state index is 0.352. The number of aryl methyl sites for hydroxylation is 1. The summed E-state index contributed by atoms with van der Waals surface area (Å²) in [4.78, 5) is 4.16. The predicted octanol–water partition coefficient (Wildman–Crippen LogP) is 2.68. The van der Waals surface area contributed by atoms with Crippen LogP contribution in [0.15, 0.2) is 48.8 Å². The smallest absolute Gasteiger partial charge is 0.0303 e. The van der Waals surface area contributed by atoms with Crippen molar-refractivity contribution in [3.8, 4) is 0 Å². The number of pyridine rings is 1. The van der Waals surface area contributed by atoms with Gasteiger partial charge < -0.3 is 5.73 Å². The van der Waals surface area contributed by atoms with Gasteiger partial charge in [-0.3, -0.25) is 4.98 Å². The Morgan fingerprint density at radius 1 is 1.18 bits per heavy atom. The van der Waals surface area contributed by atoms with Gasteiger partial charge in [0.2, 0.25) is 0 Å². The van der Waals surface area contributed by atoms with Gasteiger partial charge in [-0.15, -0.1) is 0 Å². The lowest BCUT2D eigenvalue weighted by atomic mass is 9.91. The minimum atomic E-state index is 0.352. The zero-order valence-corrected chi connectivity index (χ0v) is 10.1. The van der Waals surface area contributed by atoms with Crippen LogP contribution in [0, 0.1) is 6.92 Å². The van der Waals surface area contributed by atoms with Crippen LogP contribution < -0.4 is 5.73 Å². The van der Waals surface area contributed by atoms with Crippen LogP contribution in [-0.4, -0.2) is 11.5 Å². The third-order valence-corrected chi connectivity index (χ3v) is 3.17. The Morgan fingerprint density at radius 2 is 2.00 bits per heavy atom. The molecule has 0 spiro atoms. The Kier molecular flexibility index (Phi) is 3.89. The fraction of sp³-hybridized carbons (Fsp3) is 0.267. The molecule has 0 aliphatic rings. The third-order valence-electron chi connectivity index (χ3n) is 3.17. The molecular formula is C15H18N2. The highest BCUT2D eigenvalue weighted by atomic mass is 14.6. The molecule has 1 unspecified atom stereocenters. The zero-order valence-electron chi connectivity index (χ0n) is 10.1. The summed E-state index contributed by atoms with van der Waals surface area (Å²) in [5.41, 5.74) is 9.79. The van der Waals surface area contributed by atoms with Crippen LogP contribution in [0.3, 0.4) is 0 Å². The van der Waals surface area contributed by atoms with Crippen LogP contribution in [0.5, 0.6) is 0 Å². The van der Waals surface area contributed by atoms with Crippen molar-refractivity contribution in [1.29, 1.82) is 0 Å². The van der Waals surface area contributed by atoms with E-state index < -0.39 is 0 Å². The van der Waals surface area contributed by atoms with Crippen molar-refractivity contribution in [2.75, 3.05) is 6.54 Å². The fourth-order valence-corrected chi connectivity index (χ4v) is 2.06. The van der Waals surface area contributed by atoms with Gasteiger partial charge in [-0.25, -0.2) is 0 Å². The summed E-state index contributed by atoms with van der Waals surface area (Å²) < 4.78 is 0. The largest absolute Gasteiger partial charge is 0.330 e. The standard InChI is InChI=1S/C15H18N2/c1-12-5-2-3-6-13(12)9-15(10-16)14-7-4-8-17-11-14/h2-8,11,15H,9-10,16H2,1H3. The second-order valence-electron chi connectivity index (χ2n) is 4.35. The molecule has 1 aromatic heterocycles. The van der Waals surface area contributed by atoms with E-state index in [1.807, 2.05) is 12.3 Å². The zero-order chi connectivity index (χ0) is 12.1. The molecule has 1 atom stereocenters. The van der Waals surface area contributed by atoms with Crippen molar-refractivity contribution in [1.82, 2.24) is 4.98 Å². The highest BCUT2D eigenvalue weighted by molar-refractivity contribution is 5.28. The number of rotatable bonds is 4. The van der Waals surface area contributed by atoms with E-state index in [0.717, 1.165) is 6.42 Å². The highest BCUT2D eigenvalue weighted by Crippen LogP contribution is 2.20. The van der Waals surface area contributed by atoms with E-state index in [4.69, 9.17) is 5.73 Å². The number of nitrogens with zero attached hydrogens (tertiary/aromatic N) is 1. The first-order valence-corrected chi connectivity index (χ1v) is 5.95. The summed E-state index contributed by atoms with van der Waals surface area (Å²) in [5, 5.41) is 0. The van der Waals surface area contributed by atoms with Gasteiger partial charge in [0.15, 0.2) is 0 Å². The van der Waals surface area contributed by atoms with Crippen LogP contribution in [0.1, 0.15) is 22.6 Å². The molecule has 1 aromatic carbocycles. The van der Waals surface area contributed by atoms with E-state index in [2.05, 4.69) is 42.2 Å². The van der Waals surface area contributed by atoms with E-state index in [-0.39, 0.29) is 0 Å². The van der Waals surface area contributed by atoms with Crippen LogP contribution in [0.2, 0.25) is 0 Å². The second-order valence-corrected chi connectivity index (χ2v) is 4.35. The third kappa shape index (κ3) is 2.92. The van der Waals surface area contributed by atoms with Crippen LogP contribution in [0.4, 0.5) is 0 Å². The number of nitrogens with two attached hydrogens (primary N) is 1. The van der Waals surface area contributed by atoms with E-state index >= 15 is 0 Å². The summed E-state index contributed by atoms with van der Waals surface area (Å²) in [7, 11) is 0. The van der Waals surface area contributed by atoms with Gasteiger partial charge in [0.1, 0.15) is 0 Å². The molecule has 2 N–H and O–H groups in total. The van der Waals surface area contributed by atoms with Crippen molar-refractivity contribution in [3.05, 3.63) is 65.5 Å². The average Bonchev–Trinajstić information content (AvgIpc) is 2.39. The Hall–Kier alpha value is -1.67. The van der Waals surface area contributed by atoms with Crippen LogP contribution >= 0.6 is 0 Å². The number of hydrogen-bond acceptors (Lipinski definition) is 2. The Morgan fingerprint density at radius 3 is 2.65 bits per heavy atom. The summed E-state index contributed by atoms with van der Waals surface area (Å²) in [6.45, 7) is 2.80. The molecule has 2 nitrogen and oxygen atoms in total. The summed E-state index contributed by atoms with van der Waals surface area (Å²) >= 11 is 0.